The molecule has 166 valence electrons. The summed E-state index contributed by atoms with van der Waals surface area (Å²) < 4.78 is 1.31. The van der Waals surface area contributed by atoms with E-state index in [9.17, 15) is 0 Å². The molecular formula is C24H52BrNS. The van der Waals surface area contributed by atoms with Crippen molar-refractivity contribution in [2.45, 2.75) is 124 Å². The maximum atomic E-state index is 2.52. The number of halogens is 1. The van der Waals surface area contributed by atoms with Crippen LogP contribution in [0.1, 0.15) is 124 Å². The fourth-order valence-electron chi connectivity index (χ4n) is 3.81. The third kappa shape index (κ3) is 21.3. The van der Waals surface area contributed by atoms with Crippen LogP contribution in [0.3, 0.4) is 0 Å². The van der Waals surface area contributed by atoms with Crippen LogP contribution in [-0.2, 0) is 0 Å². The minimum absolute atomic E-state index is 0. The Morgan fingerprint density at radius 2 is 0.852 bits per heavy atom. The lowest BCUT2D eigenvalue weighted by atomic mass is 10.1. The molecule has 0 saturated carbocycles. The van der Waals surface area contributed by atoms with Gasteiger partial charge < -0.3 is 21.5 Å². The van der Waals surface area contributed by atoms with Gasteiger partial charge in [0.05, 0.1) is 20.1 Å². The monoisotopic (exact) mass is 465 g/mol. The molecule has 27 heavy (non-hydrogen) atoms. The number of hydrogen-bond donors (Lipinski definition) is 0. The minimum atomic E-state index is 0. The van der Waals surface area contributed by atoms with Gasteiger partial charge in [-0.05, 0) is 31.4 Å². The zero-order valence-corrected chi connectivity index (χ0v) is 21.8. The Morgan fingerprint density at radius 3 is 1.19 bits per heavy atom. The molecular weight excluding hydrogens is 414 g/mol. The molecule has 0 heterocycles. The molecule has 0 unspecified atom stereocenters. The van der Waals surface area contributed by atoms with Crippen molar-refractivity contribution in [1.29, 1.82) is 0 Å². The zero-order chi connectivity index (χ0) is 19.3. The van der Waals surface area contributed by atoms with Gasteiger partial charge in [-0.1, -0.05) is 97.8 Å². The molecule has 0 atom stereocenters. The predicted octanol–water partition coefficient (Wildman–Crippen LogP) is 5.43. The Hall–Kier alpha value is 0.790. The Kier molecular flexibility index (Phi) is 25.6. The third-order valence-corrected chi connectivity index (χ3v) is 6.92. The summed E-state index contributed by atoms with van der Waals surface area (Å²) in [5, 5.41) is 0. The summed E-state index contributed by atoms with van der Waals surface area (Å²) in [6.07, 6.45) is 23.1. The molecule has 0 aromatic rings. The molecule has 0 amide bonds. The van der Waals surface area contributed by atoms with E-state index < -0.39 is 0 Å². The van der Waals surface area contributed by atoms with Crippen LogP contribution in [0.4, 0.5) is 0 Å². The van der Waals surface area contributed by atoms with Crippen LogP contribution in [-0.4, -0.2) is 36.2 Å². The van der Waals surface area contributed by atoms with Crippen LogP contribution in [0.5, 0.6) is 0 Å². The van der Waals surface area contributed by atoms with Gasteiger partial charge in [-0.25, -0.2) is 0 Å². The summed E-state index contributed by atoms with van der Waals surface area (Å²) in [6.45, 7) is 9.72. The van der Waals surface area contributed by atoms with Gasteiger partial charge in [0.25, 0.3) is 0 Å². The Morgan fingerprint density at radius 1 is 0.519 bits per heavy atom. The van der Waals surface area contributed by atoms with E-state index in [-0.39, 0.29) is 17.0 Å². The van der Waals surface area contributed by atoms with Crippen molar-refractivity contribution in [1.82, 2.24) is 0 Å². The van der Waals surface area contributed by atoms with Crippen LogP contribution in [0.15, 0.2) is 0 Å². The van der Waals surface area contributed by atoms with Crippen LogP contribution in [0.25, 0.3) is 0 Å². The maximum absolute atomic E-state index is 2.52. The average molecular weight is 467 g/mol. The molecule has 0 fully saturated rings. The highest BCUT2D eigenvalue weighted by Gasteiger charge is 2.20. The highest BCUT2D eigenvalue weighted by Crippen LogP contribution is 2.18. The van der Waals surface area contributed by atoms with Gasteiger partial charge >= 0.3 is 0 Å². The van der Waals surface area contributed by atoms with Crippen molar-refractivity contribution >= 4 is 11.8 Å². The van der Waals surface area contributed by atoms with Gasteiger partial charge in [0.2, 0.25) is 0 Å². The summed E-state index contributed by atoms with van der Waals surface area (Å²) in [6, 6.07) is 0. The lowest BCUT2D eigenvalue weighted by molar-refractivity contribution is -0.897. The fourth-order valence-corrected chi connectivity index (χ4v) is 4.69. The molecule has 0 radical (unpaired) electrons. The largest absolute Gasteiger partial charge is 1.00 e. The molecule has 0 aliphatic rings. The standard InChI is InChI=1S/C24H52NS.BrH/c1-5-8-10-12-14-16-18-20-22-25(4,24-26-7-3)23-21-19-17-15-13-11-9-6-2;/h5-24H2,1-4H3;1H/q+1;/p-1. The number of thioether (sulfide) groups is 1. The number of quaternary nitrogens is 1. The Labute approximate surface area is 188 Å². The van der Waals surface area contributed by atoms with E-state index in [4.69, 9.17) is 0 Å². The molecule has 0 N–H and O–H groups in total. The van der Waals surface area contributed by atoms with Gasteiger partial charge in [0.15, 0.2) is 0 Å². The van der Waals surface area contributed by atoms with E-state index in [2.05, 4.69) is 39.6 Å². The summed E-state index contributed by atoms with van der Waals surface area (Å²) in [5.74, 6) is 2.59. The predicted molar refractivity (Wildman–Crippen MR) is 124 cm³/mol. The topological polar surface area (TPSA) is 0 Å². The summed E-state index contributed by atoms with van der Waals surface area (Å²) in [5.41, 5.74) is 0. The highest BCUT2D eigenvalue weighted by molar-refractivity contribution is 7.99. The first-order chi connectivity index (χ1) is 12.7. The van der Waals surface area contributed by atoms with Crippen LogP contribution >= 0.6 is 11.8 Å². The molecule has 3 heteroatoms. The highest BCUT2D eigenvalue weighted by atomic mass is 79.9. The third-order valence-electron chi connectivity index (χ3n) is 5.71. The maximum Gasteiger partial charge on any atom is 0.125 e. The smallest absolute Gasteiger partial charge is 0.125 e. The van der Waals surface area contributed by atoms with Gasteiger partial charge in [-0.3, -0.25) is 0 Å². The molecule has 0 aromatic heterocycles. The normalized spacial score (nSPS) is 11.6. The van der Waals surface area contributed by atoms with Crippen LogP contribution < -0.4 is 17.0 Å². The number of hydrogen-bond acceptors (Lipinski definition) is 1. The molecule has 0 aliphatic heterocycles. The van der Waals surface area contributed by atoms with Crippen molar-refractivity contribution < 1.29 is 21.5 Å². The second-order valence-corrected chi connectivity index (χ2v) is 9.88. The molecule has 0 bridgehead atoms. The van der Waals surface area contributed by atoms with Crippen molar-refractivity contribution in [2.24, 2.45) is 0 Å². The van der Waals surface area contributed by atoms with Gasteiger partial charge in [-0.15, -0.1) is 11.8 Å². The zero-order valence-electron chi connectivity index (χ0n) is 19.4. The van der Waals surface area contributed by atoms with Gasteiger partial charge in [-0.2, -0.15) is 0 Å². The van der Waals surface area contributed by atoms with Crippen LogP contribution in [0, 0.1) is 0 Å². The molecule has 1 nitrogen and oxygen atoms in total. The summed E-state index contributed by atoms with van der Waals surface area (Å²) >= 11 is 2.14. The second-order valence-electron chi connectivity index (χ2n) is 8.64. The Balaban J connectivity index is 0. The lowest BCUT2D eigenvalue weighted by Crippen LogP contribution is -3.00. The average Bonchev–Trinajstić information content (AvgIpc) is 2.64. The number of rotatable bonds is 21. The summed E-state index contributed by atoms with van der Waals surface area (Å²) in [7, 11) is 2.52. The molecule has 0 aromatic carbocycles. The lowest BCUT2D eigenvalue weighted by Gasteiger charge is -2.34. The fraction of sp³-hybridized carbons (Fsp3) is 1.00. The number of nitrogens with zero attached hydrogens (tertiary/aromatic N) is 1. The SMILES string of the molecule is CCCCCCCCCC[N+](C)(CCCCCCCCCC)CSCC.[Br-]. The first-order valence-electron chi connectivity index (χ1n) is 12.1. The van der Waals surface area contributed by atoms with Gasteiger partial charge in [0, 0.05) is 0 Å². The number of unbranched alkanes of at least 4 members (excludes halogenated alkanes) is 14. The molecule has 0 spiro atoms. The second kappa shape index (κ2) is 23.1. The van der Waals surface area contributed by atoms with Crippen molar-refractivity contribution in [3.05, 3.63) is 0 Å². The Bertz CT molecular complexity index is 253. The molecule has 0 rings (SSSR count). The van der Waals surface area contributed by atoms with Crippen molar-refractivity contribution in [3.8, 4) is 0 Å². The quantitative estimate of drug-likeness (QED) is 0.124. The molecule has 0 saturated heterocycles. The van der Waals surface area contributed by atoms with Crippen molar-refractivity contribution in [2.75, 3.05) is 31.8 Å². The molecule has 0 aliphatic carbocycles. The first kappa shape index (κ1) is 30.0. The summed E-state index contributed by atoms with van der Waals surface area (Å²) in [4.78, 5) is 0. The first-order valence-corrected chi connectivity index (χ1v) is 13.2. The van der Waals surface area contributed by atoms with E-state index in [0.717, 1.165) is 0 Å². The minimum Gasteiger partial charge on any atom is -1.00 e. The van der Waals surface area contributed by atoms with E-state index in [0.29, 0.717) is 0 Å². The van der Waals surface area contributed by atoms with Crippen LogP contribution in [0.2, 0.25) is 0 Å². The van der Waals surface area contributed by atoms with E-state index in [1.807, 2.05) is 0 Å². The van der Waals surface area contributed by atoms with Gasteiger partial charge in [0.1, 0.15) is 5.88 Å². The van der Waals surface area contributed by atoms with E-state index >= 15 is 0 Å². The van der Waals surface area contributed by atoms with Crippen molar-refractivity contribution in [3.63, 3.8) is 0 Å². The van der Waals surface area contributed by atoms with E-state index in [1.54, 1.807) is 0 Å². The van der Waals surface area contributed by atoms with E-state index in [1.165, 1.54) is 132 Å².